The average molecular weight is 373 g/mol. The van der Waals surface area contributed by atoms with Crippen LogP contribution < -0.4 is 15.4 Å². The zero-order valence-corrected chi connectivity index (χ0v) is 15.3. The van der Waals surface area contributed by atoms with Gasteiger partial charge in [0.1, 0.15) is 5.75 Å². The van der Waals surface area contributed by atoms with E-state index in [1.165, 1.54) is 0 Å². The van der Waals surface area contributed by atoms with E-state index in [1.54, 1.807) is 31.3 Å². The first-order valence-corrected chi connectivity index (χ1v) is 8.89. The molecule has 0 saturated carbocycles. The van der Waals surface area contributed by atoms with Crippen LogP contribution in [0.3, 0.4) is 0 Å². The van der Waals surface area contributed by atoms with Crippen LogP contribution in [-0.4, -0.2) is 30.5 Å². The van der Waals surface area contributed by atoms with Crippen molar-refractivity contribution in [1.82, 2.24) is 10.3 Å². The van der Waals surface area contributed by atoms with E-state index >= 15 is 0 Å². The molecule has 6 nitrogen and oxygen atoms in total. The Kier molecular flexibility index (Phi) is 4.68. The fourth-order valence-electron chi connectivity index (χ4n) is 3.15. The van der Waals surface area contributed by atoms with Gasteiger partial charge in [-0.25, -0.2) is 0 Å². The quantitative estimate of drug-likeness (QED) is 0.499. The molecule has 28 heavy (non-hydrogen) atoms. The van der Waals surface area contributed by atoms with Crippen molar-refractivity contribution in [2.45, 2.75) is 0 Å². The molecule has 0 aliphatic rings. The Bertz CT molecular complexity index is 1180. The second kappa shape index (κ2) is 7.44. The maximum atomic E-state index is 12.2. The maximum absolute atomic E-state index is 12.2. The lowest BCUT2D eigenvalue weighted by Crippen LogP contribution is -2.21. The summed E-state index contributed by atoms with van der Waals surface area (Å²) in [4.78, 5) is 27.2. The van der Waals surface area contributed by atoms with Gasteiger partial charge in [0.2, 0.25) is 0 Å². The van der Waals surface area contributed by atoms with E-state index in [4.69, 9.17) is 4.74 Å². The van der Waals surface area contributed by atoms with Crippen molar-refractivity contribution >= 4 is 39.3 Å². The van der Waals surface area contributed by atoms with Gasteiger partial charge in [0.25, 0.3) is 11.8 Å². The Morgan fingerprint density at radius 1 is 0.929 bits per heavy atom. The monoisotopic (exact) mass is 373 g/mol. The van der Waals surface area contributed by atoms with Crippen LogP contribution in [0.25, 0.3) is 21.8 Å². The van der Waals surface area contributed by atoms with E-state index in [0.717, 1.165) is 21.8 Å². The zero-order valence-electron chi connectivity index (χ0n) is 15.3. The van der Waals surface area contributed by atoms with Gasteiger partial charge < -0.3 is 20.4 Å². The molecule has 4 aromatic rings. The Morgan fingerprint density at radius 2 is 1.75 bits per heavy atom. The van der Waals surface area contributed by atoms with Gasteiger partial charge in [-0.1, -0.05) is 24.3 Å². The number of carbonyl (C=O) groups excluding carboxylic acids is 2. The predicted molar refractivity (Wildman–Crippen MR) is 110 cm³/mol. The summed E-state index contributed by atoms with van der Waals surface area (Å²) in [6, 6.07) is 20.5. The van der Waals surface area contributed by atoms with E-state index in [1.807, 2.05) is 36.4 Å². The van der Waals surface area contributed by atoms with Crippen LogP contribution >= 0.6 is 0 Å². The molecule has 0 unspecified atom stereocenters. The molecule has 0 aliphatic carbocycles. The molecule has 0 bridgehead atoms. The summed E-state index contributed by atoms with van der Waals surface area (Å²) >= 11 is 0. The molecule has 3 N–H and O–H groups in total. The lowest BCUT2D eigenvalue weighted by Gasteiger charge is -2.09. The van der Waals surface area contributed by atoms with Crippen LogP contribution in [0.1, 0.15) is 10.4 Å². The summed E-state index contributed by atoms with van der Waals surface area (Å²) in [6.07, 6.45) is 0. The summed E-state index contributed by atoms with van der Waals surface area (Å²) in [7, 11) is 1.56. The largest absolute Gasteiger partial charge is 0.484 e. The topological polar surface area (TPSA) is 83.2 Å². The summed E-state index contributed by atoms with van der Waals surface area (Å²) < 4.78 is 5.63. The van der Waals surface area contributed by atoms with Crippen molar-refractivity contribution in [2.75, 3.05) is 19.0 Å². The van der Waals surface area contributed by atoms with Crippen LogP contribution in [-0.2, 0) is 4.79 Å². The molecule has 1 aromatic heterocycles. The van der Waals surface area contributed by atoms with Crippen molar-refractivity contribution in [1.29, 1.82) is 0 Å². The number of aromatic nitrogens is 1. The molecule has 0 radical (unpaired) electrons. The third-order valence-corrected chi connectivity index (χ3v) is 4.48. The molecule has 0 fully saturated rings. The second-order valence-corrected chi connectivity index (χ2v) is 6.37. The summed E-state index contributed by atoms with van der Waals surface area (Å²) in [5.41, 5.74) is 3.03. The Labute approximate surface area is 161 Å². The molecule has 0 atom stereocenters. The van der Waals surface area contributed by atoms with Gasteiger partial charge in [0, 0.05) is 40.7 Å². The normalized spacial score (nSPS) is 10.8. The number of nitrogens with one attached hydrogen (secondary N) is 3. The van der Waals surface area contributed by atoms with Crippen LogP contribution in [0.4, 0.5) is 5.69 Å². The SMILES string of the molecule is CNC(=O)c1cccc(NC(=O)COc2ccc3c(c2)[nH]c2ccccc23)c1. The molecule has 6 heteroatoms. The zero-order chi connectivity index (χ0) is 19.5. The third-order valence-electron chi connectivity index (χ3n) is 4.48. The smallest absolute Gasteiger partial charge is 0.262 e. The first-order chi connectivity index (χ1) is 13.6. The van der Waals surface area contributed by atoms with Crippen molar-refractivity contribution in [3.05, 3.63) is 72.3 Å². The molecule has 2 amide bonds. The third kappa shape index (κ3) is 3.53. The van der Waals surface area contributed by atoms with Gasteiger partial charge in [-0.05, 0) is 36.4 Å². The van der Waals surface area contributed by atoms with E-state index in [2.05, 4.69) is 21.7 Å². The van der Waals surface area contributed by atoms with Crippen molar-refractivity contribution in [3.63, 3.8) is 0 Å². The van der Waals surface area contributed by atoms with E-state index in [9.17, 15) is 9.59 Å². The average Bonchev–Trinajstić information content (AvgIpc) is 3.09. The highest BCUT2D eigenvalue weighted by Gasteiger charge is 2.09. The van der Waals surface area contributed by atoms with Gasteiger partial charge >= 0.3 is 0 Å². The molecule has 140 valence electrons. The number of H-pyrrole nitrogens is 1. The fraction of sp³-hybridized carbons (Fsp3) is 0.0909. The highest BCUT2D eigenvalue weighted by atomic mass is 16.5. The van der Waals surface area contributed by atoms with Gasteiger partial charge in [-0.3, -0.25) is 9.59 Å². The van der Waals surface area contributed by atoms with E-state index < -0.39 is 0 Å². The first kappa shape index (κ1) is 17.6. The molecular weight excluding hydrogens is 354 g/mol. The number of rotatable bonds is 5. The molecule has 1 heterocycles. The minimum Gasteiger partial charge on any atom is -0.484 e. The van der Waals surface area contributed by atoms with Gasteiger partial charge in [-0.2, -0.15) is 0 Å². The van der Waals surface area contributed by atoms with Gasteiger partial charge in [0.05, 0.1) is 5.52 Å². The summed E-state index contributed by atoms with van der Waals surface area (Å²) in [5, 5.41) is 7.55. The number of fused-ring (bicyclic) bond motifs is 3. The number of para-hydroxylation sites is 1. The Hall–Kier alpha value is -3.80. The maximum Gasteiger partial charge on any atom is 0.262 e. The van der Waals surface area contributed by atoms with Crippen LogP contribution in [0.2, 0.25) is 0 Å². The highest BCUT2D eigenvalue weighted by Crippen LogP contribution is 2.28. The van der Waals surface area contributed by atoms with Crippen LogP contribution in [0.5, 0.6) is 5.75 Å². The predicted octanol–water partition coefficient (Wildman–Crippen LogP) is 3.70. The highest BCUT2D eigenvalue weighted by molar-refractivity contribution is 6.07. The summed E-state index contributed by atoms with van der Waals surface area (Å²) in [5.74, 6) is 0.0955. The Morgan fingerprint density at radius 3 is 2.61 bits per heavy atom. The molecule has 3 aromatic carbocycles. The molecular formula is C22H19N3O3. The van der Waals surface area contributed by atoms with Crippen molar-refractivity contribution < 1.29 is 14.3 Å². The van der Waals surface area contributed by atoms with E-state index in [-0.39, 0.29) is 18.4 Å². The molecule has 0 aliphatic heterocycles. The van der Waals surface area contributed by atoms with Crippen LogP contribution in [0.15, 0.2) is 66.7 Å². The number of ether oxygens (including phenoxy) is 1. The van der Waals surface area contributed by atoms with Crippen molar-refractivity contribution in [3.8, 4) is 5.75 Å². The number of carbonyl (C=O) groups is 2. The number of amides is 2. The lowest BCUT2D eigenvalue weighted by molar-refractivity contribution is -0.118. The minimum absolute atomic E-state index is 0.129. The first-order valence-electron chi connectivity index (χ1n) is 8.89. The molecule has 0 saturated heterocycles. The lowest BCUT2D eigenvalue weighted by atomic mass is 10.1. The molecule has 0 spiro atoms. The number of hydrogen-bond donors (Lipinski definition) is 3. The Balaban J connectivity index is 1.43. The van der Waals surface area contributed by atoms with E-state index in [0.29, 0.717) is 17.0 Å². The van der Waals surface area contributed by atoms with Crippen molar-refractivity contribution in [2.24, 2.45) is 0 Å². The number of aromatic amines is 1. The number of hydrogen-bond acceptors (Lipinski definition) is 3. The van der Waals surface area contributed by atoms with Gasteiger partial charge in [0.15, 0.2) is 6.61 Å². The fourth-order valence-corrected chi connectivity index (χ4v) is 3.15. The standard InChI is InChI=1S/C22H19N3O3/c1-23-22(27)14-5-4-6-15(11-14)24-21(26)13-28-16-9-10-18-17-7-2-3-8-19(17)25-20(18)12-16/h2-12,25H,13H2,1H3,(H,23,27)(H,24,26). The number of benzene rings is 3. The van der Waals surface area contributed by atoms with Gasteiger partial charge in [-0.15, -0.1) is 0 Å². The molecule has 4 rings (SSSR count). The minimum atomic E-state index is -0.300. The number of anilines is 1. The second-order valence-electron chi connectivity index (χ2n) is 6.37. The van der Waals surface area contributed by atoms with Crippen LogP contribution in [0, 0.1) is 0 Å². The summed E-state index contributed by atoms with van der Waals surface area (Å²) in [6.45, 7) is -0.129.